The van der Waals surface area contributed by atoms with Crippen molar-refractivity contribution < 1.29 is 0 Å². The maximum absolute atomic E-state index is 8.71. The van der Waals surface area contributed by atoms with Crippen LogP contribution in [0.25, 0.3) is 11.3 Å². The van der Waals surface area contributed by atoms with E-state index in [4.69, 9.17) is 21.9 Å². The smallest absolute Gasteiger partial charge is 0.0890 e. The highest BCUT2D eigenvalue weighted by Gasteiger charge is 2.22. The minimum atomic E-state index is 0.238. The summed E-state index contributed by atoms with van der Waals surface area (Å²) in [6.07, 6.45) is 9.31. The van der Waals surface area contributed by atoms with Crippen LogP contribution in [0.2, 0.25) is 0 Å². The Balaban J connectivity index is 1.65. The van der Waals surface area contributed by atoms with Crippen molar-refractivity contribution in [2.24, 2.45) is 5.73 Å². The van der Waals surface area contributed by atoms with Gasteiger partial charge in [-0.25, -0.2) is 0 Å². The molecule has 0 radical (unpaired) electrons. The van der Waals surface area contributed by atoms with E-state index in [2.05, 4.69) is 9.97 Å². The molecule has 6 heteroatoms. The number of hydrogen-bond donors (Lipinski definition) is 3. The van der Waals surface area contributed by atoms with Crippen molar-refractivity contribution in [3.63, 3.8) is 0 Å². The summed E-state index contributed by atoms with van der Waals surface area (Å²) in [6.45, 7) is 0. The molecule has 3 heterocycles. The molecular formula is C22H24N6. The summed E-state index contributed by atoms with van der Waals surface area (Å²) in [6, 6.07) is 11.7. The number of aromatic nitrogens is 3. The molecule has 0 bridgehead atoms. The van der Waals surface area contributed by atoms with Crippen LogP contribution in [0.1, 0.15) is 48.6 Å². The van der Waals surface area contributed by atoms with Gasteiger partial charge in [0.15, 0.2) is 0 Å². The van der Waals surface area contributed by atoms with Gasteiger partial charge in [-0.1, -0.05) is 12.5 Å². The van der Waals surface area contributed by atoms with E-state index in [0.29, 0.717) is 28.6 Å². The van der Waals surface area contributed by atoms with Gasteiger partial charge in [-0.05, 0) is 49.6 Å². The van der Waals surface area contributed by atoms with Gasteiger partial charge in [-0.15, -0.1) is 0 Å². The molecule has 0 aromatic carbocycles. The van der Waals surface area contributed by atoms with Gasteiger partial charge < -0.3 is 11.5 Å². The normalized spacial score (nSPS) is 19.3. The maximum Gasteiger partial charge on any atom is 0.0890 e. The molecule has 1 saturated carbocycles. The molecule has 1 aliphatic carbocycles. The Labute approximate surface area is 164 Å². The van der Waals surface area contributed by atoms with E-state index in [1.165, 1.54) is 0 Å². The Morgan fingerprint density at radius 2 is 2.00 bits per heavy atom. The van der Waals surface area contributed by atoms with Crippen molar-refractivity contribution in [2.45, 2.75) is 37.6 Å². The molecule has 142 valence electrons. The molecule has 1 unspecified atom stereocenters. The summed E-state index contributed by atoms with van der Waals surface area (Å²) in [5.41, 5.74) is 16.9. The number of hydrogen-bond acceptors (Lipinski definition) is 6. The lowest BCUT2D eigenvalue weighted by molar-refractivity contribution is 0.388. The maximum atomic E-state index is 8.71. The molecule has 3 aromatic rings. The van der Waals surface area contributed by atoms with E-state index < -0.39 is 0 Å². The Morgan fingerprint density at radius 3 is 2.79 bits per heavy atom. The van der Waals surface area contributed by atoms with Gasteiger partial charge in [0.05, 0.1) is 29.0 Å². The van der Waals surface area contributed by atoms with E-state index >= 15 is 0 Å². The second kappa shape index (κ2) is 7.86. The topological polar surface area (TPSA) is 115 Å². The number of rotatable bonds is 4. The van der Waals surface area contributed by atoms with Gasteiger partial charge in [-0.2, -0.15) is 0 Å². The minimum absolute atomic E-state index is 0.238. The van der Waals surface area contributed by atoms with Crippen molar-refractivity contribution in [1.82, 2.24) is 15.0 Å². The number of nitrogen functional groups attached to an aromatic ring is 1. The minimum Gasteiger partial charge on any atom is -0.397 e. The molecule has 0 aliphatic heterocycles. The fourth-order valence-electron chi connectivity index (χ4n) is 3.81. The van der Waals surface area contributed by atoms with Crippen molar-refractivity contribution in [1.29, 1.82) is 5.41 Å². The van der Waals surface area contributed by atoms with Crippen LogP contribution in [0.4, 0.5) is 5.69 Å². The van der Waals surface area contributed by atoms with Crippen molar-refractivity contribution in [3.8, 4) is 11.3 Å². The molecular weight excluding hydrogens is 348 g/mol. The SMILES string of the molecule is N=C(c1cccc(C2CCC[C@H](N)C2)n1)c1cc(-c2cccnc2)ncc1N. The Kier molecular flexibility index (Phi) is 5.12. The number of pyridine rings is 3. The number of nitrogens with two attached hydrogens (primary N) is 2. The molecule has 5 N–H and O–H groups in total. The van der Waals surface area contributed by atoms with E-state index in [1.54, 1.807) is 18.6 Å². The number of nitrogens with one attached hydrogen (secondary N) is 1. The molecule has 0 saturated heterocycles. The first-order valence-electron chi connectivity index (χ1n) is 9.59. The summed E-state index contributed by atoms with van der Waals surface area (Å²) < 4.78 is 0. The van der Waals surface area contributed by atoms with Crippen LogP contribution in [-0.4, -0.2) is 26.7 Å². The molecule has 4 rings (SSSR count). The summed E-state index contributed by atoms with van der Waals surface area (Å²) >= 11 is 0. The molecule has 0 amide bonds. The third-order valence-corrected chi connectivity index (χ3v) is 5.32. The van der Waals surface area contributed by atoms with Crippen molar-refractivity contribution >= 4 is 11.4 Å². The molecule has 2 atom stereocenters. The van der Waals surface area contributed by atoms with Crippen molar-refractivity contribution in [2.75, 3.05) is 5.73 Å². The molecule has 1 fully saturated rings. The van der Waals surface area contributed by atoms with Gasteiger partial charge in [-0.3, -0.25) is 20.4 Å². The van der Waals surface area contributed by atoms with E-state index in [0.717, 1.165) is 42.6 Å². The highest BCUT2D eigenvalue weighted by molar-refractivity contribution is 6.13. The highest BCUT2D eigenvalue weighted by atomic mass is 14.8. The monoisotopic (exact) mass is 372 g/mol. The first-order valence-corrected chi connectivity index (χ1v) is 9.59. The summed E-state index contributed by atoms with van der Waals surface area (Å²) in [4.78, 5) is 13.3. The molecule has 3 aromatic heterocycles. The van der Waals surface area contributed by atoms with Gasteiger partial charge in [0, 0.05) is 41.2 Å². The fraction of sp³-hybridized carbons (Fsp3) is 0.273. The average Bonchev–Trinajstić information content (AvgIpc) is 2.74. The lowest BCUT2D eigenvalue weighted by Crippen LogP contribution is -2.27. The Bertz CT molecular complexity index is 985. The quantitative estimate of drug-likeness (QED) is 0.606. The third kappa shape index (κ3) is 3.77. The van der Waals surface area contributed by atoms with Crippen molar-refractivity contribution in [3.05, 3.63) is 71.9 Å². The van der Waals surface area contributed by atoms with E-state index in [9.17, 15) is 0 Å². The van der Waals surface area contributed by atoms with Gasteiger partial charge >= 0.3 is 0 Å². The van der Waals surface area contributed by atoms with Gasteiger partial charge in [0.1, 0.15) is 0 Å². The number of anilines is 1. The summed E-state index contributed by atoms with van der Waals surface area (Å²) in [5, 5.41) is 8.71. The third-order valence-electron chi connectivity index (χ3n) is 5.32. The standard InChI is InChI=1S/C22H24N6/c23-16-6-1-4-14(10-16)19-7-2-8-20(28-19)22(25)17-11-21(27-13-18(17)24)15-5-3-9-26-12-15/h2-3,5,7-9,11-14,16,25H,1,4,6,10,23-24H2/t14?,16-/m0/s1. The largest absolute Gasteiger partial charge is 0.397 e. The van der Waals surface area contributed by atoms with Crippen LogP contribution in [0.3, 0.4) is 0 Å². The second-order valence-corrected chi connectivity index (χ2v) is 7.34. The van der Waals surface area contributed by atoms with E-state index in [-0.39, 0.29) is 6.04 Å². The fourth-order valence-corrected chi connectivity index (χ4v) is 3.81. The van der Waals surface area contributed by atoms with Crippen LogP contribution in [0.5, 0.6) is 0 Å². The Morgan fingerprint density at radius 1 is 1.11 bits per heavy atom. The van der Waals surface area contributed by atoms with Gasteiger partial charge in [0.2, 0.25) is 0 Å². The first kappa shape index (κ1) is 18.3. The van der Waals surface area contributed by atoms with Crippen LogP contribution >= 0.6 is 0 Å². The molecule has 28 heavy (non-hydrogen) atoms. The first-order chi connectivity index (χ1) is 13.6. The van der Waals surface area contributed by atoms with Gasteiger partial charge in [0.25, 0.3) is 0 Å². The number of nitrogens with zero attached hydrogens (tertiary/aromatic N) is 3. The van der Waals surface area contributed by atoms with Crippen LogP contribution < -0.4 is 11.5 Å². The highest BCUT2D eigenvalue weighted by Crippen LogP contribution is 2.31. The molecule has 6 nitrogen and oxygen atoms in total. The zero-order valence-electron chi connectivity index (χ0n) is 15.7. The second-order valence-electron chi connectivity index (χ2n) is 7.34. The lowest BCUT2D eigenvalue weighted by atomic mass is 9.84. The Hall–Kier alpha value is -3.12. The van der Waals surface area contributed by atoms with E-state index in [1.807, 2.05) is 36.4 Å². The summed E-state index contributed by atoms with van der Waals surface area (Å²) in [7, 11) is 0. The summed E-state index contributed by atoms with van der Waals surface area (Å²) in [5.74, 6) is 0.359. The predicted molar refractivity (Wildman–Crippen MR) is 111 cm³/mol. The predicted octanol–water partition coefficient (Wildman–Crippen LogP) is 3.52. The average molecular weight is 372 g/mol. The van der Waals surface area contributed by atoms with Crippen LogP contribution in [0, 0.1) is 5.41 Å². The zero-order chi connectivity index (χ0) is 19.5. The lowest BCUT2D eigenvalue weighted by Gasteiger charge is -2.26. The molecule has 0 spiro atoms. The van der Waals surface area contributed by atoms with Crippen LogP contribution in [0.15, 0.2) is 55.0 Å². The zero-order valence-corrected chi connectivity index (χ0v) is 15.7. The van der Waals surface area contributed by atoms with Crippen LogP contribution in [-0.2, 0) is 0 Å². The molecule has 1 aliphatic rings.